The smallest absolute Gasteiger partial charge is 0.262 e. The van der Waals surface area contributed by atoms with E-state index in [1.807, 2.05) is 13.0 Å². The Morgan fingerprint density at radius 1 is 1.12 bits per heavy atom. The van der Waals surface area contributed by atoms with Crippen molar-refractivity contribution in [2.45, 2.75) is 18.7 Å². The first-order valence-corrected chi connectivity index (χ1v) is 9.29. The molecule has 0 spiro atoms. The minimum Gasteiger partial charge on any atom is -0.383 e. The van der Waals surface area contributed by atoms with Crippen LogP contribution in [-0.4, -0.2) is 34.6 Å². The minimum atomic E-state index is -3.80. The van der Waals surface area contributed by atoms with Gasteiger partial charge >= 0.3 is 0 Å². The normalized spacial score (nSPS) is 11.2. The number of hydrogen-bond acceptors (Lipinski definition) is 4. The van der Waals surface area contributed by atoms with Crippen molar-refractivity contribution >= 4 is 21.6 Å². The quantitative estimate of drug-likeness (QED) is 0.741. The summed E-state index contributed by atoms with van der Waals surface area (Å²) in [4.78, 5) is 12.5. The van der Waals surface area contributed by atoms with E-state index in [0.29, 0.717) is 18.7 Å². The molecule has 0 aliphatic carbocycles. The zero-order valence-corrected chi connectivity index (χ0v) is 15.3. The van der Waals surface area contributed by atoms with Crippen LogP contribution in [0.3, 0.4) is 0 Å². The minimum absolute atomic E-state index is 0.196. The largest absolute Gasteiger partial charge is 0.383 e. The van der Waals surface area contributed by atoms with Crippen LogP contribution in [-0.2, 0) is 14.8 Å². The Morgan fingerprint density at radius 3 is 2.56 bits per heavy atom. The molecule has 134 valence electrons. The monoisotopic (exact) mass is 362 g/mol. The molecule has 1 amide bonds. The summed E-state index contributed by atoms with van der Waals surface area (Å²) in [5, 5.41) is 2.69. The van der Waals surface area contributed by atoms with Gasteiger partial charge in [-0.15, -0.1) is 0 Å². The second-order valence-corrected chi connectivity index (χ2v) is 7.32. The molecular formula is C18H22N2O4S. The van der Waals surface area contributed by atoms with Gasteiger partial charge in [-0.25, -0.2) is 8.42 Å². The SMILES string of the molecule is COCCNC(=O)c1ccccc1NS(=O)(=O)c1cc(C)ccc1C. The summed E-state index contributed by atoms with van der Waals surface area (Å²) in [6.07, 6.45) is 0. The lowest BCUT2D eigenvalue weighted by molar-refractivity contribution is 0.0938. The van der Waals surface area contributed by atoms with Crippen molar-refractivity contribution in [2.24, 2.45) is 0 Å². The lowest BCUT2D eigenvalue weighted by Crippen LogP contribution is -2.28. The maximum atomic E-state index is 12.7. The van der Waals surface area contributed by atoms with Crippen LogP contribution in [0.5, 0.6) is 0 Å². The number of carbonyl (C=O) groups excluding carboxylic acids is 1. The highest BCUT2D eigenvalue weighted by molar-refractivity contribution is 7.92. The molecule has 0 heterocycles. The molecule has 2 N–H and O–H groups in total. The topological polar surface area (TPSA) is 84.5 Å². The Bertz CT molecular complexity index is 863. The second-order valence-electron chi connectivity index (χ2n) is 5.67. The van der Waals surface area contributed by atoms with Gasteiger partial charge in [-0.2, -0.15) is 0 Å². The molecule has 0 saturated heterocycles. The van der Waals surface area contributed by atoms with E-state index >= 15 is 0 Å². The third-order valence-electron chi connectivity index (χ3n) is 3.64. The molecule has 25 heavy (non-hydrogen) atoms. The number of anilines is 1. The van der Waals surface area contributed by atoms with Gasteiger partial charge in [-0.1, -0.05) is 24.3 Å². The highest BCUT2D eigenvalue weighted by Gasteiger charge is 2.20. The number of para-hydroxylation sites is 1. The summed E-state index contributed by atoms with van der Waals surface area (Å²) in [6, 6.07) is 11.7. The van der Waals surface area contributed by atoms with Gasteiger partial charge in [-0.3, -0.25) is 9.52 Å². The zero-order valence-electron chi connectivity index (χ0n) is 14.5. The fraction of sp³-hybridized carbons (Fsp3) is 0.278. The molecule has 0 fully saturated rings. The standard InChI is InChI=1S/C18H22N2O4S/c1-13-8-9-14(2)17(12-13)25(22,23)20-16-7-5-4-6-15(16)18(21)19-10-11-24-3/h4-9,12,20H,10-11H2,1-3H3,(H,19,21). The number of rotatable bonds is 7. The highest BCUT2D eigenvalue weighted by atomic mass is 32.2. The van der Waals surface area contributed by atoms with Gasteiger partial charge in [0.1, 0.15) is 0 Å². The van der Waals surface area contributed by atoms with Gasteiger partial charge in [0, 0.05) is 13.7 Å². The van der Waals surface area contributed by atoms with Crippen molar-refractivity contribution in [1.82, 2.24) is 5.32 Å². The summed E-state index contributed by atoms with van der Waals surface area (Å²) in [6.45, 7) is 4.28. The van der Waals surface area contributed by atoms with Gasteiger partial charge in [-0.05, 0) is 43.2 Å². The van der Waals surface area contributed by atoms with Gasteiger partial charge in [0.2, 0.25) is 0 Å². The highest BCUT2D eigenvalue weighted by Crippen LogP contribution is 2.23. The summed E-state index contributed by atoms with van der Waals surface area (Å²) >= 11 is 0. The summed E-state index contributed by atoms with van der Waals surface area (Å²) < 4.78 is 32.9. The number of hydrogen-bond donors (Lipinski definition) is 2. The average Bonchev–Trinajstić information content (AvgIpc) is 2.57. The lowest BCUT2D eigenvalue weighted by atomic mass is 10.1. The van der Waals surface area contributed by atoms with Crippen molar-refractivity contribution in [2.75, 3.05) is 25.0 Å². The number of ether oxygens (including phenoxy) is 1. The van der Waals surface area contributed by atoms with Crippen LogP contribution in [0, 0.1) is 13.8 Å². The molecule has 6 nitrogen and oxygen atoms in total. The molecule has 2 aromatic rings. The van der Waals surface area contributed by atoms with Crippen LogP contribution in [0.15, 0.2) is 47.4 Å². The van der Waals surface area contributed by atoms with Gasteiger partial charge in [0.25, 0.3) is 15.9 Å². The number of carbonyl (C=O) groups is 1. The first-order chi connectivity index (χ1) is 11.8. The Labute approximate surface area is 148 Å². The van der Waals surface area contributed by atoms with Crippen LogP contribution >= 0.6 is 0 Å². The maximum Gasteiger partial charge on any atom is 0.262 e. The molecule has 0 aliphatic heterocycles. The van der Waals surface area contributed by atoms with Crippen LogP contribution < -0.4 is 10.0 Å². The molecule has 0 radical (unpaired) electrons. The van der Waals surface area contributed by atoms with Crippen LogP contribution in [0.2, 0.25) is 0 Å². The molecule has 0 aliphatic rings. The summed E-state index contributed by atoms with van der Waals surface area (Å²) in [5.41, 5.74) is 1.97. The molecule has 0 unspecified atom stereocenters. The average molecular weight is 362 g/mol. The van der Waals surface area contributed by atoms with E-state index in [-0.39, 0.29) is 22.1 Å². The van der Waals surface area contributed by atoms with Crippen LogP contribution in [0.1, 0.15) is 21.5 Å². The van der Waals surface area contributed by atoms with E-state index in [4.69, 9.17) is 4.74 Å². The fourth-order valence-electron chi connectivity index (χ4n) is 2.33. The van der Waals surface area contributed by atoms with Crippen LogP contribution in [0.4, 0.5) is 5.69 Å². The van der Waals surface area contributed by atoms with E-state index in [9.17, 15) is 13.2 Å². The number of nitrogens with one attached hydrogen (secondary N) is 2. The third kappa shape index (κ3) is 4.80. The number of amides is 1. The molecule has 0 aromatic heterocycles. The van der Waals surface area contributed by atoms with Crippen molar-refractivity contribution in [3.63, 3.8) is 0 Å². The van der Waals surface area contributed by atoms with Gasteiger partial charge in [0.15, 0.2) is 0 Å². The van der Waals surface area contributed by atoms with E-state index in [1.54, 1.807) is 50.4 Å². The number of benzene rings is 2. The van der Waals surface area contributed by atoms with Gasteiger partial charge < -0.3 is 10.1 Å². The fourth-order valence-corrected chi connectivity index (χ4v) is 3.74. The molecule has 0 bridgehead atoms. The Kier molecular flexibility index (Phi) is 6.17. The Hall–Kier alpha value is -2.38. The van der Waals surface area contributed by atoms with Crippen molar-refractivity contribution < 1.29 is 17.9 Å². The Morgan fingerprint density at radius 2 is 1.84 bits per heavy atom. The number of sulfonamides is 1. The molecule has 0 saturated carbocycles. The molecule has 2 rings (SSSR count). The first-order valence-electron chi connectivity index (χ1n) is 7.81. The zero-order chi connectivity index (χ0) is 18.4. The molecule has 7 heteroatoms. The summed E-state index contributed by atoms with van der Waals surface area (Å²) in [7, 11) is -2.26. The van der Waals surface area contributed by atoms with Crippen molar-refractivity contribution in [3.05, 3.63) is 59.2 Å². The van der Waals surface area contributed by atoms with E-state index in [2.05, 4.69) is 10.0 Å². The lowest BCUT2D eigenvalue weighted by Gasteiger charge is -2.14. The maximum absolute atomic E-state index is 12.7. The second kappa shape index (κ2) is 8.13. The molecular weight excluding hydrogens is 340 g/mol. The Balaban J connectivity index is 2.31. The van der Waals surface area contributed by atoms with E-state index in [1.165, 1.54) is 0 Å². The molecule has 0 atom stereocenters. The molecule has 2 aromatic carbocycles. The predicted molar refractivity (Wildman–Crippen MR) is 97.4 cm³/mol. The van der Waals surface area contributed by atoms with E-state index < -0.39 is 10.0 Å². The summed E-state index contributed by atoms with van der Waals surface area (Å²) in [5.74, 6) is -0.365. The van der Waals surface area contributed by atoms with Crippen LogP contribution in [0.25, 0.3) is 0 Å². The van der Waals surface area contributed by atoms with E-state index in [0.717, 1.165) is 5.56 Å². The van der Waals surface area contributed by atoms with Crippen molar-refractivity contribution in [1.29, 1.82) is 0 Å². The predicted octanol–water partition coefficient (Wildman–Crippen LogP) is 2.48. The third-order valence-corrected chi connectivity index (χ3v) is 5.15. The first kappa shape index (κ1) is 19.0. The number of aryl methyl sites for hydroxylation is 2. The van der Waals surface area contributed by atoms with Crippen molar-refractivity contribution in [3.8, 4) is 0 Å². The number of methoxy groups -OCH3 is 1. The van der Waals surface area contributed by atoms with Gasteiger partial charge in [0.05, 0.1) is 22.8 Å².